The van der Waals surface area contributed by atoms with Crippen LogP contribution in [0.3, 0.4) is 0 Å². The number of urea groups is 1. The third-order valence-corrected chi connectivity index (χ3v) is 5.82. The van der Waals surface area contributed by atoms with Gasteiger partial charge in [0.1, 0.15) is 11.4 Å². The summed E-state index contributed by atoms with van der Waals surface area (Å²) in [6.45, 7) is 4.61. The molecule has 9 heteroatoms. The molecule has 174 valence electrons. The van der Waals surface area contributed by atoms with Crippen molar-refractivity contribution in [2.75, 3.05) is 23.7 Å². The van der Waals surface area contributed by atoms with Crippen LogP contribution in [0.25, 0.3) is 0 Å². The Bertz CT molecular complexity index is 1210. The molecular formula is C25H27N7O2. The van der Waals surface area contributed by atoms with E-state index in [-0.39, 0.29) is 37.4 Å². The molecule has 34 heavy (non-hydrogen) atoms. The topological polar surface area (TPSA) is 126 Å². The highest BCUT2D eigenvalue weighted by atomic mass is 16.2. The number of benzene rings is 2. The largest absolute Gasteiger partial charge is 0.342 e. The zero-order valence-corrected chi connectivity index (χ0v) is 19.1. The predicted octanol–water partition coefficient (Wildman–Crippen LogP) is 4.21. The van der Waals surface area contributed by atoms with Crippen molar-refractivity contribution in [3.05, 3.63) is 71.9 Å². The number of hydrogen-bond donors (Lipinski definition) is 4. The number of likely N-dealkylation sites (tertiary alicyclic amines) is 1. The molecule has 1 aromatic heterocycles. The summed E-state index contributed by atoms with van der Waals surface area (Å²) in [6, 6.07) is 19.0. The lowest BCUT2D eigenvalue weighted by Gasteiger charge is -2.49. The van der Waals surface area contributed by atoms with E-state index >= 15 is 0 Å². The summed E-state index contributed by atoms with van der Waals surface area (Å²) < 4.78 is 0. The first-order chi connectivity index (χ1) is 16.4. The number of nitrogens with zero attached hydrogens (tertiary/aromatic N) is 3. The van der Waals surface area contributed by atoms with Gasteiger partial charge in [-0.25, -0.2) is 4.79 Å². The van der Waals surface area contributed by atoms with Gasteiger partial charge < -0.3 is 20.9 Å². The minimum atomic E-state index is -0.817. The monoisotopic (exact) mass is 457 g/mol. The number of hydrogen-bond acceptors (Lipinski definition) is 5. The van der Waals surface area contributed by atoms with Gasteiger partial charge in [0.2, 0.25) is 0 Å². The molecule has 3 amide bonds. The summed E-state index contributed by atoms with van der Waals surface area (Å²) in [5.41, 5.74) is 2.13. The van der Waals surface area contributed by atoms with Crippen molar-refractivity contribution >= 4 is 29.1 Å². The van der Waals surface area contributed by atoms with Gasteiger partial charge in [0.05, 0.1) is 24.2 Å². The fourth-order valence-electron chi connectivity index (χ4n) is 4.05. The molecule has 1 aliphatic rings. The lowest BCUT2D eigenvalue weighted by molar-refractivity contribution is 0.0609. The van der Waals surface area contributed by atoms with Crippen LogP contribution in [0.4, 0.5) is 22.0 Å². The number of nitriles is 1. The first-order valence-electron chi connectivity index (χ1n) is 11.1. The Labute approximate surface area is 198 Å². The molecule has 0 bridgehead atoms. The fourth-order valence-corrected chi connectivity index (χ4v) is 4.05. The molecule has 4 N–H and O–H groups in total. The van der Waals surface area contributed by atoms with Crippen LogP contribution in [0.2, 0.25) is 0 Å². The van der Waals surface area contributed by atoms with Gasteiger partial charge in [-0.05, 0) is 29.7 Å². The van der Waals surface area contributed by atoms with Crippen molar-refractivity contribution in [3.8, 4) is 6.07 Å². The Morgan fingerprint density at radius 3 is 2.56 bits per heavy atom. The Morgan fingerprint density at radius 2 is 1.85 bits per heavy atom. The van der Waals surface area contributed by atoms with E-state index in [1.165, 1.54) is 6.20 Å². The lowest BCUT2D eigenvalue weighted by Crippen LogP contribution is -2.71. The summed E-state index contributed by atoms with van der Waals surface area (Å²) in [5.74, 6) is 0.348. The summed E-state index contributed by atoms with van der Waals surface area (Å²) >= 11 is 0. The maximum atomic E-state index is 13.0. The highest BCUT2D eigenvalue weighted by Gasteiger charge is 2.47. The van der Waals surface area contributed by atoms with Gasteiger partial charge >= 0.3 is 6.03 Å². The maximum absolute atomic E-state index is 13.0. The molecule has 0 spiro atoms. The molecule has 1 aliphatic heterocycles. The Balaban J connectivity index is 1.41. The van der Waals surface area contributed by atoms with Gasteiger partial charge in [0, 0.05) is 24.5 Å². The number of carbonyl (C=O) groups excluding carboxylic acids is 2. The van der Waals surface area contributed by atoms with Crippen molar-refractivity contribution in [2.24, 2.45) is 0 Å². The highest BCUT2D eigenvalue weighted by molar-refractivity contribution is 6.00. The molecule has 0 radical (unpaired) electrons. The third-order valence-electron chi connectivity index (χ3n) is 5.82. The molecular weight excluding hydrogens is 430 g/mol. The molecule has 3 aromatic rings. The van der Waals surface area contributed by atoms with Crippen molar-refractivity contribution in [2.45, 2.75) is 31.7 Å². The molecule has 2 heterocycles. The minimum Gasteiger partial charge on any atom is -0.342 e. The van der Waals surface area contributed by atoms with Crippen LogP contribution in [-0.2, 0) is 0 Å². The molecule has 1 fully saturated rings. The maximum Gasteiger partial charge on any atom is 0.322 e. The Morgan fingerprint density at radius 1 is 1.15 bits per heavy atom. The van der Waals surface area contributed by atoms with Crippen LogP contribution in [0.15, 0.2) is 60.8 Å². The lowest BCUT2D eigenvalue weighted by atomic mass is 9.86. The number of rotatable bonds is 7. The minimum absolute atomic E-state index is 0.0877. The van der Waals surface area contributed by atoms with Crippen LogP contribution in [-0.4, -0.2) is 45.7 Å². The first kappa shape index (κ1) is 22.9. The van der Waals surface area contributed by atoms with E-state index in [2.05, 4.69) is 46.1 Å². The van der Waals surface area contributed by atoms with Gasteiger partial charge in [-0.2, -0.15) is 10.4 Å². The van der Waals surface area contributed by atoms with Crippen LogP contribution in [0.5, 0.6) is 0 Å². The van der Waals surface area contributed by atoms with Crippen LogP contribution in [0.1, 0.15) is 42.1 Å². The number of para-hydroxylation sites is 2. The second-order valence-electron chi connectivity index (χ2n) is 8.75. The van der Waals surface area contributed by atoms with Crippen LogP contribution in [0, 0.1) is 11.3 Å². The summed E-state index contributed by atoms with van der Waals surface area (Å²) in [7, 11) is 0. The molecule has 1 saturated heterocycles. The quantitative estimate of drug-likeness (QED) is 0.423. The number of anilines is 3. The number of aromatic nitrogens is 2. The predicted molar refractivity (Wildman–Crippen MR) is 130 cm³/mol. The third kappa shape index (κ3) is 4.86. The molecule has 0 saturated carbocycles. The van der Waals surface area contributed by atoms with Gasteiger partial charge in [0.15, 0.2) is 0 Å². The molecule has 9 nitrogen and oxygen atoms in total. The Hall–Kier alpha value is -4.32. The van der Waals surface area contributed by atoms with E-state index in [0.717, 1.165) is 16.9 Å². The molecule has 0 atom stereocenters. The summed E-state index contributed by atoms with van der Waals surface area (Å²) in [5, 5.41) is 25.2. The van der Waals surface area contributed by atoms with E-state index in [4.69, 9.17) is 0 Å². The molecule has 2 aromatic carbocycles. The van der Waals surface area contributed by atoms with Crippen molar-refractivity contribution < 1.29 is 9.59 Å². The van der Waals surface area contributed by atoms with Crippen LogP contribution >= 0.6 is 0 Å². The van der Waals surface area contributed by atoms with E-state index < -0.39 is 5.54 Å². The van der Waals surface area contributed by atoms with E-state index in [1.807, 2.05) is 54.6 Å². The van der Waals surface area contributed by atoms with Gasteiger partial charge in [-0.3, -0.25) is 9.89 Å². The van der Waals surface area contributed by atoms with E-state index in [9.17, 15) is 14.9 Å². The molecule has 0 unspecified atom stereocenters. The standard InChI is InChI=1S/C25H27N7O2/c1-17(2)19-10-6-7-11-21(19)29-24(34)32-15-25(16-32,12-13-26)30-23(33)20-14-27-31-22(20)28-18-8-4-3-5-9-18/h3-11,14,17H,12,15-16H2,1-2H3,(H,29,34)(H,30,33)(H2,27,28,31). The SMILES string of the molecule is CC(C)c1ccccc1NC(=O)N1CC(CC#N)(NC(=O)c2cn[nH]c2Nc2ccccc2)C1. The number of amides is 3. The summed E-state index contributed by atoms with van der Waals surface area (Å²) in [6.07, 6.45) is 1.52. The average Bonchev–Trinajstić information content (AvgIpc) is 3.26. The second kappa shape index (κ2) is 9.67. The number of aromatic amines is 1. The van der Waals surface area contributed by atoms with Crippen LogP contribution < -0.4 is 16.0 Å². The number of nitrogens with one attached hydrogen (secondary N) is 4. The van der Waals surface area contributed by atoms with Gasteiger partial charge in [0.25, 0.3) is 5.91 Å². The fraction of sp³-hybridized carbons (Fsp3) is 0.280. The number of carbonyl (C=O) groups is 2. The highest BCUT2D eigenvalue weighted by Crippen LogP contribution is 2.29. The average molecular weight is 458 g/mol. The van der Waals surface area contributed by atoms with Gasteiger partial charge in [-0.1, -0.05) is 50.2 Å². The smallest absolute Gasteiger partial charge is 0.322 e. The molecule has 0 aliphatic carbocycles. The first-order valence-corrected chi connectivity index (χ1v) is 11.1. The normalized spacial score (nSPS) is 14.1. The zero-order valence-electron chi connectivity index (χ0n) is 19.1. The zero-order chi connectivity index (χ0) is 24.1. The van der Waals surface area contributed by atoms with E-state index in [1.54, 1.807) is 4.90 Å². The molecule has 4 rings (SSSR count). The van der Waals surface area contributed by atoms with Crippen molar-refractivity contribution in [1.29, 1.82) is 5.26 Å². The van der Waals surface area contributed by atoms with E-state index in [0.29, 0.717) is 11.4 Å². The van der Waals surface area contributed by atoms with Crippen molar-refractivity contribution in [3.63, 3.8) is 0 Å². The summed E-state index contributed by atoms with van der Waals surface area (Å²) in [4.78, 5) is 27.5. The number of H-pyrrole nitrogens is 1. The van der Waals surface area contributed by atoms with Gasteiger partial charge in [-0.15, -0.1) is 0 Å². The Kier molecular flexibility index (Phi) is 6.50. The second-order valence-corrected chi connectivity index (χ2v) is 8.75. The van der Waals surface area contributed by atoms with Crippen molar-refractivity contribution in [1.82, 2.24) is 20.4 Å².